The fraction of sp³-hybridized carbons (Fsp3) is 0.312. The molecule has 0 atom stereocenters. The summed E-state index contributed by atoms with van der Waals surface area (Å²) in [5, 5.41) is 10.0. The molecule has 0 fully saturated rings. The van der Waals surface area contributed by atoms with Gasteiger partial charge in [0.05, 0.1) is 12.1 Å². The number of aromatic carboxylic acids is 1. The summed E-state index contributed by atoms with van der Waals surface area (Å²) in [6.45, 7) is 6.77. The van der Waals surface area contributed by atoms with Crippen molar-refractivity contribution in [1.29, 1.82) is 0 Å². The van der Waals surface area contributed by atoms with Crippen LogP contribution in [0.3, 0.4) is 0 Å². The molecule has 0 bridgehead atoms. The maximum atomic E-state index is 11.0. The average molecular weight is 255 g/mol. The number of fused-ring (bicyclic) bond motifs is 1. The normalized spacial score (nSPS) is 11.1. The Morgan fingerprint density at radius 2 is 2.05 bits per heavy atom. The minimum Gasteiger partial charge on any atom is -0.478 e. The number of carboxylic acids is 1. The summed E-state index contributed by atoms with van der Waals surface area (Å²) in [6.07, 6.45) is 1.94. The Labute approximate surface area is 112 Å². The van der Waals surface area contributed by atoms with Gasteiger partial charge in [-0.25, -0.2) is 4.79 Å². The molecule has 2 rings (SSSR count). The molecule has 3 heteroatoms. The molecule has 1 aromatic carbocycles. The van der Waals surface area contributed by atoms with E-state index >= 15 is 0 Å². The molecule has 19 heavy (non-hydrogen) atoms. The van der Waals surface area contributed by atoms with E-state index < -0.39 is 5.97 Å². The standard InChI is InChI=1S/C16H17NO2/c1-16(2,3)8-4-9-17-10-7-12-5-6-13(15(18)19)11-14(12)17/h5-7,10-11H,9H2,1-3H3,(H,18,19). The van der Waals surface area contributed by atoms with Gasteiger partial charge in [-0.1, -0.05) is 17.9 Å². The van der Waals surface area contributed by atoms with Crippen LogP contribution >= 0.6 is 0 Å². The van der Waals surface area contributed by atoms with Crippen molar-refractivity contribution in [3.8, 4) is 11.8 Å². The quantitative estimate of drug-likeness (QED) is 0.836. The third-order valence-electron chi connectivity index (χ3n) is 2.73. The van der Waals surface area contributed by atoms with Crippen molar-refractivity contribution in [3.63, 3.8) is 0 Å². The summed E-state index contributed by atoms with van der Waals surface area (Å²) in [5.74, 6) is 5.40. The van der Waals surface area contributed by atoms with Gasteiger partial charge in [-0.2, -0.15) is 0 Å². The minimum atomic E-state index is -0.907. The highest BCUT2D eigenvalue weighted by Gasteiger charge is 2.07. The number of carboxylic acid groups (broad SMARTS) is 1. The van der Waals surface area contributed by atoms with Crippen molar-refractivity contribution in [2.24, 2.45) is 5.41 Å². The highest BCUT2D eigenvalue weighted by atomic mass is 16.4. The van der Waals surface area contributed by atoms with Gasteiger partial charge in [0.25, 0.3) is 0 Å². The van der Waals surface area contributed by atoms with Crippen LogP contribution in [0.15, 0.2) is 30.5 Å². The highest BCUT2D eigenvalue weighted by molar-refractivity contribution is 5.93. The molecule has 0 aliphatic heterocycles. The zero-order chi connectivity index (χ0) is 14.0. The smallest absolute Gasteiger partial charge is 0.335 e. The summed E-state index contributed by atoms with van der Waals surface area (Å²) in [6, 6.07) is 7.11. The van der Waals surface area contributed by atoms with Gasteiger partial charge in [0, 0.05) is 17.1 Å². The van der Waals surface area contributed by atoms with Crippen LogP contribution in [-0.4, -0.2) is 15.6 Å². The summed E-state index contributed by atoms with van der Waals surface area (Å²) in [5.41, 5.74) is 1.19. The molecule has 98 valence electrons. The van der Waals surface area contributed by atoms with Crippen LogP contribution in [0.1, 0.15) is 31.1 Å². The number of aromatic nitrogens is 1. The van der Waals surface area contributed by atoms with Crippen LogP contribution in [0.25, 0.3) is 10.9 Å². The van der Waals surface area contributed by atoms with E-state index in [1.165, 1.54) is 0 Å². The Morgan fingerprint density at radius 1 is 1.32 bits per heavy atom. The van der Waals surface area contributed by atoms with Gasteiger partial charge in [-0.15, -0.1) is 0 Å². The van der Waals surface area contributed by atoms with Crippen molar-refractivity contribution in [3.05, 3.63) is 36.0 Å². The van der Waals surface area contributed by atoms with E-state index in [2.05, 4.69) is 32.6 Å². The first-order valence-corrected chi connectivity index (χ1v) is 6.19. The Morgan fingerprint density at radius 3 is 2.68 bits per heavy atom. The van der Waals surface area contributed by atoms with Crippen LogP contribution in [0.4, 0.5) is 0 Å². The first-order valence-electron chi connectivity index (χ1n) is 6.19. The first-order chi connectivity index (χ1) is 8.87. The fourth-order valence-corrected chi connectivity index (χ4v) is 1.84. The van der Waals surface area contributed by atoms with Gasteiger partial charge < -0.3 is 9.67 Å². The van der Waals surface area contributed by atoms with Crippen molar-refractivity contribution < 1.29 is 9.90 Å². The molecule has 2 aromatic rings. The molecule has 0 saturated carbocycles. The van der Waals surface area contributed by atoms with Crippen molar-refractivity contribution in [2.45, 2.75) is 27.3 Å². The number of hydrogen-bond acceptors (Lipinski definition) is 1. The molecular formula is C16H17NO2. The first kappa shape index (κ1) is 13.2. The van der Waals surface area contributed by atoms with E-state index in [0.29, 0.717) is 12.1 Å². The maximum Gasteiger partial charge on any atom is 0.335 e. The Balaban J connectivity index is 2.35. The lowest BCUT2D eigenvalue weighted by Gasteiger charge is -2.07. The number of carbonyl (C=O) groups is 1. The summed E-state index contributed by atoms with van der Waals surface area (Å²) in [7, 11) is 0. The maximum absolute atomic E-state index is 11.0. The van der Waals surface area contributed by atoms with Crippen molar-refractivity contribution >= 4 is 16.9 Å². The van der Waals surface area contributed by atoms with Crippen LogP contribution in [-0.2, 0) is 6.54 Å². The summed E-state index contributed by atoms with van der Waals surface area (Å²) < 4.78 is 1.97. The fourth-order valence-electron chi connectivity index (χ4n) is 1.84. The molecule has 1 N–H and O–H groups in total. The van der Waals surface area contributed by atoms with E-state index in [4.69, 9.17) is 5.11 Å². The Kier molecular flexibility index (Phi) is 3.35. The molecule has 0 aliphatic rings. The lowest BCUT2D eigenvalue weighted by Crippen LogP contribution is -2.01. The SMILES string of the molecule is CC(C)(C)C#CCn1ccc2ccc(C(=O)O)cc21. The van der Waals surface area contributed by atoms with E-state index in [9.17, 15) is 4.79 Å². The Hall–Kier alpha value is -2.21. The summed E-state index contributed by atoms with van der Waals surface area (Å²) >= 11 is 0. The van der Waals surface area contributed by atoms with Crippen molar-refractivity contribution in [1.82, 2.24) is 4.57 Å². The molecule has 0 spiro atoms. The third kappa shape index (κ3) is 3.17. The molecule has 3 nitrogen and oxygen atoms in total. The van der Waals surface area contributed by atoms with E-state index in [1.807, 2.05) is 22.9 Å². The molecule has 1 aromatic heterocycles. The summed E-state index contributed by atoms with van der Waals surface area (Å²) in [4.78, 5) is 11.0. The second kappa shape index (κ2) is 4.81. The van der Waals surface area contributed by atoms with Crippen LogP contribution in [0.2, 0.25) is 0 Å². The number of rotatable bonds is 2. The predicted octanol–water partition coefficient (Wildman–Crippen LogP) is 3.39. The minimum absolute atomic E-state index is 0.0187. The zero-order valence-electron chi connectivity index (χ0n) is 11.4. The van der Waals surface area contributed by atoms with Gasteiger partial charge in [0.1, 0.15) is 0 Å². The topological polar surface area (TPSA) is 42.2 Å². The number of benzene rings is 1. The Bertz CT molecular complexity index is 678. The second-order valence-electron chi connectivity index (χ2n) is 5.57. The van der Waals surface area contributed by atoms with E-state index in [-0.39, 0.29) is 5.41 Å². The van der Waals surface area contributed by atoms with Gasteiger partial charge in [0.15, 0.2) is 0 Å². The predicted molar refractivity (Wildman–Crippen MR) is 76.1 cm³/mol. The third-order valence-corrected chi connectivity index (χ3v) is 2.73. The molecule has 1 heterocycles. The molecule has 0 radical (unpaired) electrons. The van der Waals surface area contributed by atoms with Gasteiger partial charge in [-0.05, 0) is 44.4 Å². The lowest BCUT2D eigenvalue weighted by molar-refractivity contribution is 0.0697. The van der Waals surface area contributed by atoms with Crippen LogP contribution in [0.5, 0.6) is 0 Å². The average Bonchev–Trinajstić information content (AvgIpc) is 2.70. The number of hydrogen-bond donors (Lipinski definition) is 1. The van der Waals surface area contributed by atoms with Gasteiger partial charge >= 0.3 is 5.97 Å². The van der Waals surface area contributed by atoms with Gasteiger partial charge in [-0.3, -0.25) is 0 Å². The molecule has 0 saturated heterocycles. The van der Waals surface area contributed by atoms with Crippen LogP contribution < -0.4 is 0 Å². The second-order valence-corrected chi connectivity index (χ2v) is 5.57. The molecule has 0 aliphatic carbocycles. The zero-order valence-corrected chi connectivity index (χ0v) is 11.4. The molecule has 0 unspecified atom stereocenters. The largest absolute Gasteiger partial charge is 0.478 e. The molecule has 0 amide bonds. The van der Waals surface area contributed by atoms with E-state index in [0.717, 1.165) is 10.9 Å². The highest BCUT2D eigenvalue weighted by Crippen LogP contribution is 2.18. The van der Waals surface area contributed by atoms with E-state index in [1.54, 1.807) is 12.1 Å². The monoisotopic (exact) mass is 255 g/mol. The van der Waals surface area contributed by atoms with Gasteiger partial charge in [0.2, 0.25) is 0 Å². The lowest BCUT2D eigenvalue weighted by atomic mass is 9.98. The van der Waals surface area contributed by atoms with Crippen LogP contribution in [0, 0.1) is 17.3 Å². The van der Waals surface area contributed by atoms with Crippen molar-refractivity contribution in [2.75, 3.05) is 0 Å². The molecular weight excluding hydrogens is 238 g/mol. The number of nitrogens with zero attached hydrogens (tertiary/aromatic N) is 1.